The molecule has 0 aromatic heterocycles. The number of benzene rings is 1. The molecule has 1 saturated carbocycles. The fourth-order valence-electron chi connectivity index (χ4n) is 3.25. The average Bonchev–Trinajstić information content (AvgIpc) is 2.71. The first-order valence-electron chi connectivity index (χ1n) is 10.1. The van der Waals surface area contributed by atoms with Gasteiger partial charge in [0.05, 0.1) is 13.7 Å². The van der Waals surface area contributed by atoms with Crippen LogP contribution < -0.4 is 25.4 Å². The van der Waals surface area contributed by atoms with Gasteiger partial charge in [-0.25, -0.2) is 0 Å². The third-order valence-corrected chi connectivity index (χ3v) is 4.77. The highest BCUT2D eigenvalue weighted by atomic mass is 16.5. The molecule has 3 N–H and O–H groups in total. The largest absolute Gasteiger partial charge is 0.497 e. The number of guanidine groups is 1. The minimum Gasteiger partial charge on any atom is -0.497 e. The van der Waals surface area contributed by atoms with Gasteiger partial charge in [-0.1, -0.05) is 25.3 Å². The number of carbonyl (C=O) groups is 1. The van der Waals surface area contributed by atoms with Gasteiger partial charge in [-0.15, -0.1) is 0 Å². The van der Waals surface area contributed by atoms with Crippen molar-refractivity contribution in [3.8, 4) is 11.5 Å². The summed E-state index contributed by atoms with van der Waals surface area (Å²) < 4.78 is 11.1. The molecule has 1 aromatic carbocycles. The maximum atomic E-state index is 12.1. The minimum absolute atomic E-state index is 0.0553. The van der Waals surface area contributed by atoms with E-state index in [-0.39, 0.29) is 12.0 Å². The Morgan fingerprint density at radius 1 is 1.21 bits per heavy atom. The van der Waals surface area contributed by atoms with E-state index in [0.29, 0.717) is 31.5 Å². The van der Waals surface area contributed by atoms with Crippen LogP contribution in [0.3, 0.4) is 0 Å². The lowest BCUT2D eigenvalue weighted by Gasteiger charge is -2.23. The predicted octanol–water partition coefficient (Wildman–Crippen LogP) is 2.47. The Morgan fingerprint density at radius 2 is 1.96 bits per heavy atom. The number of rotatable bonds is 9. The molecule has 7 heteroatoms. The van der Waals surface area contributed by atoms with Crippen LogP contribution in [0.1, 0.15) is 45.4 Å². The standard InChI is InChI=1S/C21H34N4O3/c1-16(28-19-11-7-10-18(14-19)27-3)15-24-21(22-2)23-13-12-20(26)25-17-8-5-4-6-9-17/h7,10-11,14,16-17H,4-6,8-9,12-13,15H2,1-3H3,(H,25,26)(H2,22,23,24). The maximum Gasteiger partial charge on any atom is 0.221 e. The van der Waals surface area contributed by atoms with Crippen molar-refractivity contribution in [3.63, 3.8) is 0 Å². The van der Waals surface area contributed by atoms with Crippen LogP contribution >= 0.6 is 0 Å². The molecule has 0 aliphatic heterocycles. The fraction of sp³-hybridized carbons (Fsp3) is 0.619. The van der Waals surface area contributed by atoms with Crippen LogP contribution in [0.25, 0.3) is 0 Å². The maximum absolute atomic E-state index is 12.1. The van der Waals surface area contributed by atoms with E-state index in [1.54, 1.807) is 14.2 Å². The zero-order valence-corrected chi connectivity index (χ0v) is 17.3. The van der Waals surface area contributed by atoms with Crippen molar-refractivity contribution in [2.75, 3.05) is 27.2 Å². The first-order chi connectivity index (χ1) is 13.6. The van der Waals surface area contributed by atoms with Gasteiger partial charge in [0.25, 0.3) is 0 Å². The zero-order valence-electron chi connectivity index (χ0n) is 17.3. The summed E-state index contributed by atoms with van der Waals surface area (Å²) in [5.41, 5.74) is 0. The summed E-state index contributed by atoms with van der Waals surface area (Å²) in [6.07, 6.45) is 6.32. The molecule has 0 heterocycles. The summed E-state index contributed by atoms with van der Waals surface area (Å²) in [4.78, 5) is 16.3. The minimum atomic E-state index is -0.0553. The Bertz CT molecular complexity index is 630. The third kappa shape index (κ3) is 8.06. The molecule has 0 bridgehead atoms. The van der Waals surface area contributed by atoms with E-state index in [0.717, 1.165) is 24.3 Å². The van der Waals surface area contributed by atoms with Crippen molar-refractivity contribution >= 4 is 11.9 Å². The number of aliphatic imine (C=N–C) groups is 1. The monoisotopic (exact) mass is 390 g/mol. The summed E-state index contributed by atoms with van der Waals surface area (Å²) in [5.74, 6) is 2.29. The van der Waals surface area contributed by atoms with Gasteiger partial charge in [0.15, 0.2) is 5.96 Å². The van der Waals surface area contributed by atoms with Gasteiger partial charge in [0.1, 0.15) is 17.6 Å². The molecule has 0 radical (unpaired) electrons. The first kappa shape index (κ1) is 21.9. The second-order valence-electron chi connectivity index (χ2n) is 7.14. The molecule has 1 aliphatic rings. The Morgan fingerprint density at radius 3 is 2.68 bits per heavy atom. The van der Waals surface area contributed by atoms with Crippen LogP contribution in [0.15, 0.2) is 29.3 Å². The van der Waals surface area contributed by atoms with Crippen LogP contribution in [-0.4, -0.2) is 51.3 Å². The topological polar surface area (TPSA) is 84.0 Å². The lowest BCUT2D eigenvalue weighted by atomic mass is 9.95. The zero-order chi connectivity index (χ0) is 20.2. The lowest BCUT2D eigenvalue weighted by molar-refractivity contribution is -0.121. The van der Waals surface area contributed by atoms with E-state index in [9.17, 15) is 4.79 Å². The number of carbonyl (C=O) groups excluding carboxylic acids is 1. The molecule has 7 nitrogen and oxygen atoms in total. The fourth-order valence-corrected chi connectivity index (χ4v) is 3.25. The number of methoxy groups -OCH3 is 1. The highest BCUT2D eigenvalue weighted by Crippen LogP contribution is 2.20. The van der Waals surface area contributed by atoms with Crippen molar-refractivity contribution in [1.29, 1.82) is 0 Å². The van der Waals surface area contributed by atoms with Crippen LogP contribution in [0.2, 0.25) is 0 Å². The number of nitrogens with one attached hydrogen (secondary N) is 3. The van der Waals surface area contributed by atoms with Gasteiger partial charge in [-0.05, 0) is 31.9 Å². The van der Waals surface area contributed by atoms with Gasteiger partial charge in [0.2, 0.25) is 5.91 Å². The molecule has 0 saturated heterocycles. The number of amides is 1. The van der Waals surface area contributed by atoms with Crippen LogP contribution in [0.4, 0.5) is 0 Å². The van der Waals surface area contributed by atoms with Crippen LogP contribution in [0.5, 0.6) is 11.5 Å². The highest BCUT2D eigenvalue weighted by molar-refractivity contribution is 5.81. The summed E-state index contributed by atoms with van der Waals surface area (Å²) in [6, 6.07) is 7.89. The van der Waals surface area contributed by atoms with Crippen molar-refractivity contribution < 1.29 is 14.3 Å². The Hall–Kier alpha value is -2.44. The molecule has 1 aromatic rings. The smallest absolute Gasteiger partial charge is 0.221 e. The molecule has 1 atom stereocenters. The summed E-state index contributed by atoms with van der Waals surface area (Å²) >= 11 is 0. The van der Waals surface area contributed by atoms with Crippen molar-refractivity contribution in [2.45, 2.75) is 57.6 Å². The number of hydrogen-bond acceptors (Lipinski definition) is 4. The molecule has 28 heavy (non-hydrogen) atoms. The van der Waals surface area contributed by atoms with E-state index in [4.69, 9.17) is 9.47 Å². The van der Waals surface area contributed by atoms with Crippen molar-refractivity contribution in [2.24, 2.45) is 4.99 Å². The molecule has 2 rings (SSSR count). The quantitative estimate of drug-likeness (QED) is 0.446. The second kappa shape index (κ2) is 12.1. The van der Waals surface area contributed by atoms with E-state index >= 15 is 0 Å². The van der Waals surface area contributed by atoms with Crippen molar-refractivity contribution in [1.82, 2.24) is 16.0 Å². The number of ether oxygens (including phenoxy) is 2. The van der Waals surface area contributed by atoms with Gasteiger partial charge >= 0.3 is 0 Å². The first-order valence-corrected chi connectivity index (χ1v) is 10.1. The number of hydrogen-bond donors (Lipinski definition) is 3. The van der Waals surface area contributed by atoms with Crippen LogP contribution in [-0.2, 0) is 4.79 Å². The Balaban J connectivity index is 1.64. The SMILES string of the molecule is CN=C(NCCC(=O)NC1CCCCC1)NCC(C)Oc1cccc(OC)c1. The normalized spacial score (nSPS) is 16.2. The molecule has 0 spiro atoms. The van der Waals surface area contributed by atoms with Gasteiger partial charge in [-0.2, -0.15) is 0 Å². The molecule has 1 fully saturated rings. The molecule has 156 valence electrons. The summed E-state index contributed by atoms with van der Waals surface area (Å²) in [7, 11) is 3.35. The van der Waals surface area contributed by atoms with E-state index in [2.05, 4.69) is 20.9 Å². The van der Waals surface area contributed by atoms with E-state index in [1.165, 1.54) is 19.3 Å². The summed E-state index contributed by atoms with van der Waals surface area (Å²) in [5, 5.41) is 9.53. The van der Waals surface area contributed by atoms with Gasteiger partial charge in [-0.3, -0.25) is 9.79 Å². The van der Waals surface area contributed by atoms with E-state index < -0.39 is 0 Å². The Kier molecular flexibility index (Phi) is 9.45. The predicted molar refractivity (Wildman–Crippen MR) is 112 cm³/mol. The van der Waals surface area contributed by atoms with Crippen LogP contribution in [0, 0.1) is 0 Å². The molecule has 1 unspecified atom stereocenters. The molecule has 1 aliphatic carbocycles. The lowest BCUT2D eigenvalue weighted by Crippen LogP contribution is -2.43. The highest BCUT2D eigenvalue weighted by Gasteiger charge is 2.15. The van der Waals surface area contributed by atoms with E-state index in [1.807, 2.05) is 31.2 Å². The van der Waals surface area contributed by atoms with Gasteiger partial charge in [0, 0.05) is 32.1 Å². The average molecular weight is 391 g/mol. The molecular formula is C21H34N4O3. The van der Waals surface area contributed by atoms with Crippen molar-refractivity contribution in [3.05, 3.63) is 24.3 Å². The van der Waals surface area contributed by atoms with Gasteiger partial charge < -0.3 is 25.4 Å². The molecule has 1 amide bonds. The third-order valence-electron chi connectivity index (χ3n) is 4.77. The summed E-state index contributed by atoms with van der Waals surface area (Å²) in [6.45, 7) is 3.12. The Labute approximate surface area is 168 Å². The second-order valence-corrected chi connectivity index (χ2v) is 7.14. The number of nitrogens with zero attached hydrogens (tertiary/aromatic N) is 1. The molecular weight excluding hydrogens is 356 g/mol.